The van der Waals surface area contributed by atoms with E-state index in [1.165, 1.54) is 30.4 Å². The lowest BCUT2D eigenvalue weighted by Gasteiger charge is -2.39. The predicted molar refractivity (Wildman–Crippen MR) is 106 cm³/mol. The molecule has 1 aliphatic rings. The summed E-state index contributed by atoms with van der Waals surface area (Å²) in [6.45, 7) is 4.07. The van der Waals surface area contributed by atoms with Gasteiger partial charge in [0, 0.05) is 16.8 Å². The van der Waals surface area contributed by atoms with E-state index in [2.05, 4.69) is 34.9 Å². The zero-order valence-corrected chi connectivity index (χ0v) is 15.5. The van der Waals surface area contributed by atoms with Gasteiger partial charge in [-0.05, 0) is 61.1 Å². The third-order valence-corrected chi connectivity index (χ3v) is 5.69. The van der Waals surface area contributed by atoms with Crippen LogP contribution in [-0.2, 0) is 15.0 Å². The first-order valence-corrected chi connectivity index (χ1v) is 9.23. The van der Waals surface area contributed by atoms with Crippen molar-refractivity contribution in [2.24, 2.45) is 0 Å². The van der Waals surface area contributed by atoms with Gasteiger partial charge in [0.1, 0.15) is 0 Å². The van der Waals surface area contributed by atoms with Crippen LogP contribution in [0.5, 0.6) is 0 Å². The van der Waals surface area contributed by atoms with Gasteiger partial charge in [0.05, 0.1) is 0 Å². The molecule has 0 atom stereocenters. The Bertz CT molecular complexity index is 746. The summed E-state index contributed by atoms with van der Waals surface area (Å²) in [4.78, 5) is 21.6. The molecule has 0 heterocycles. The summed E-state index contributed by atoms with van der Waals surface area (Å²) in [5, 5.41) is 5.53. The van der Waals surface area contributed by atoms with Crippen molar-refractivity contribution in [2.45, 2.75) is 51.4 Å². The van der Waals surface area contributed by atoms with E-state index in [-0.39, 0.29) is 5.41 Å². The molecule has 136 valence electrons. The molecule has 1 saturated carbocycles. The molecular weight excluding hydrogens is 324 g/mol. The number of benzene rings is 2. The van der Waals surface area contributed by atoms with Crippen LogP contribution in [0.4, 0.5) is 11.4 Å². The van der Waals surface area contributed by atoms with Gasteiger partial charge in [0.25, 0.3) is 0 Å². The lowest BCUT2D eigenvalue weighted by molar-refractivity contribution is -0.106. The quantitative estimate of drug-likeness (QED) is 0.743. The predicted octanol–water partition coefficient (Wildman–Crippen LogP) is 4.69. The summed E-state index contributed by atoms with van der Waals surface area (Å²) >= 11 is 0. The van der Waals surface area contributed by atoms with Gasteiger partial charge < -0.3 is 10.6 Å². The third-order valence-electron chi connectivity index (χ3n) is 5.69. The van der Waals surface area contributed by atoms with E-state index in [9.17, 15) is 9.59 Å². The average molecular weight is 350 g/mol. The second-order valence-electron chi connectivity index (χ2n) is 7.23. The fourth-order valence-corrected chi connectivity index (χ4v) is 4.27. The van der Waals surface area contributed by atoms with Gasteiger partial charge >= 0.3 is 0 Å². The van der Waals surface area contributed by atoms with Crippen LogP contribution in [0.2, 0.25) is 0 Å². The van der Waals surface area contributed by atoms with Gasteiger partial charge in [-0.15, -0.1) is 0 Å². The van der Waals surface area contributed by atoms with E-state index < -0.39 is 0 Å². The Morgan fingerprint density at radius 1 is 0.769 bits per heavy atom. The van der Waals surface area contributed by atoms with Crippen LogP contribution in [0.25, 0.3) is 0 Å². The number of anilines is 2. The van der Waals surface area contributed by atoms with Crippen LogP contribution in [0.1, 0.15) is 54.4 Å². The van der Waals surface area contributed by atoms with Gasteiger partial charge in [0.2, 0.25) is 12.8 Å². The van der Waals surface area contributed by atoms with Crippen LogP contribution in [-0.4, -0.2) is 12.8 Å². The van der Waals surface area contributed by atoms with Crippen LogP contribution in [0.15, 0.2) is 36.4 Å². The summed E-state index contributed by atoms with van der Waals surface area (Å²) in [6, 6.07) is 12.7. The zero-order valence-electron chi connectivity index (χ0n) is 15.5. The van der Waals surface area contributed by atoms with Crippen molar-refractivity contribution >= 4 is 24.2 Å². The number of aryl methyl sites for hydroxylation is 2. The Labute approximate surface area is 155 Å². The van der Waals surface area contributed by atoms with Crippen LogP contribution in [0, 0.1) is 13.8 Å². The largest absolute Gasteiger partial charge is 0.328 e. The molecule has 2 N–H and O–H groups in total. The maximum atomic E-state index is 10.8. The molecule has 2 amide bonds. The highest BCUT2D eigenvalue weighted by molar-refractivity contribution is 5.74. The molecule has 0 aliphatic heterocycles. The van der Waals surface area contributed by atoms with Gasteiger partial charge in [-0.1, -0.05) is 43.5 Å². The molecule has 4 nitrogen and oxygen atoms in total. The Balaban J connectivity index is 2.07. The van der Waals surface area contributed by atoms with Crippen LogP contribution in [0.3, 0.4) is 0 Å². The minimum atomic E-state index is -0.00676. The van der Waals surface area contributed by atoms with E-state index in [0.717, 1.165) is 48.2 Å². The van der Waals surface area contributed by atoms with E-state index in [0.29, 0.717) is 0 Å². The minimum Gasteiger partial charge on any atom is -0.328 e. The monoisotopic (exact) mass is 350 g/mol. The van der Waals surface area contributed by atoms with Crippen molar-refractivity contribution in [1.82, 2.24) is 0 Å². The van der Waals surface area contributed by atoms with Gasteiger partial charge in [0.15, 0.2) is 0 Å². The Morgan fingerprint density at radius 2 is 1.23 bits per heavy atom. The van der Waals surface area contributed by atoms with E-state index in [1.807, 2.05) is 26.0 Å². The molecule has 0 unspecified atom stereocenters. The van der Waals surface area contributed by atoms with Crippen molar-refractivity contribution in [3.05, 3.63) is 58.7 Å². The Morgan fingerprint density at radius 3 is 1.62 bits per heavy atom. The van der Waals surface area contributed by atoms with Gasteiger partial charge in [-0.3, -0.25) is 9.59 Å². The lowest BCUT2D eigenvalue weighted by Crippen LogP contribution is -2.30. The molecule has 26 heavy (non-hydrogen) atoms. The molecule has 0 aromatic heterocycles. The van der Waals surface area contributed by atoms with E-state index in [4.69, 9.17) is 0 Å². The maximum Gasteiger partial charge on any atom is 0.211 e. The average Bonchev–Trinajstić information content (AvgIpc) is 2.66. The summed E-state index contributed by atoms with van der Waals surface area (Å²) < 4.78 is 0. The molecule has 0 radical (unpaired) electrons. The number of carbonyl (C=O) groups excluding carboxylic acids is 2. The Hall–Kier alpha value is -2.62. The number of amides is 2. The van der Waals surface area contributed by atoms with Crippen molar-refractivity contribution in [1.29, 1.82) is 0 Å². The zero-order chi connectivity index (χ0) is 18.6. The smallest absolute Gasteiger partial charge is 0.211 e. The fraction of sp³-hybridized carbons (Fsp3) is 0.364. The normalized spacial score (nSPS) is 15.9. The highest BCUT2D eigenvalue weighted by Crippen LogP contribution is 2.46. The minimum absolute atomic E-state index is 0.00676. The number of rotatable bonds is 6. The van der Waals surface area contributed by atoms with Crippen molar-refractivity contribution < 1.29 is 9.59 Å². The molecule has 1 fully saturated rings. The summed E-state index contributed by atoms with van der Waals surface area (Å²) in [5.41, 5.74) is 6.48. The van der Waals surface area contributed by atoms with Gasteiger partial charge in [-0.2, -0.15) is 0 Å². The highest BCUT2D eigenvalue weighted by Gasteiger charge is 2.36. The second-order valence-corrected chi connectivity index (χ2v) is 7.23. The molecule has 4 heteroatoms. The Kier molecular flexibility index (Phi) is 5.40. The highest BCUT2D eigenvalue weighted by atomic mass is 16.1. The number of hydrogen-bond acceptors (Lipinski definition) is 2. The first-order chi connectivity index (χ1) is 12.6. The molecule has 0 bridgehead atoms. The summed E-state index contributed by atoms with van der Waals surface area (Å²) in [5.74, 6) is 0. The molecular formula is C22H26N2O2. The van der Waals surface area contributed by atoms with Gasteiger partial charge in [-0.25, -0.2) is 0 Å². The van der Waals surface area contributed by atoms with Crippen molar-refractivity contribution in [3.63, 3.8) is 0 Å². The molecule has 2 aromatic carbocycles. The van der Waals surface area contributed by atoms with Crippen LogP contribution >= 0.6 is 0 Å². The molecule has 0 spiro atoms. The number of hydrogen-bond donors (Lipinski definition) is 2. The first kappa shape index (κ1) is 18.2. The standard InChI is InChI=1S/C22H26N2O2/c1-16-12-18(6-8-20(16)23-14-25)22(10-4-3-5-11-22)19-7-9-21(24-15-26)17(2)13-19/h6-9,12-15H,3-5,10-11H2,1-2H3,(H,23,25)(H,24,26). The second kappa shape index (κ2) is 7.73. The number of carbonyl (C=O) groups is 2. The van der Waals surface area contributed by atoms with Crippen molar-refractivity contribution in [2.75, 3.05) is 10.6 Å². The maximum absolute atomic E-state index is 10.8. The summed E-state index contributed by atoms with van der Waals surface area (Å²) in [6.07, 6.45) is 7.37. The lowest BCUT2D eigenvalue weighted by atomic mass is 9.65. The van der Waals surface area contributed by atoms with Crippen LogP contribution < -0.4 is 10.6 Å². The molecule has 2 aromatic rings. The first-order valence-electron chi connectivity index (χ1n) is 9.23. The third kappa shape index (κ3) is 3.36. The summed E-state index contributed by atoms with van der Waals surface area (Å²) in [7, 11) is 0. The molecule has 1 aliphatic carbocycles. The fourth-order valence-electron chi connectivity index (χ4n) is 4.27. The topological polar surface area (TPSA) is 58.2 Å². The molecule has 0 saturated heterocycles. The van der Waals surface area contributed by atoms with E-state index >= 15 is 0 Å². The van der Waals surface area contributed by atoms with E-state index in [1.54, 1.807) is 0 Å². The number of nitrogens with one attached hydrogen (secondary N) is 2. The molecule has 3 rings (SSSR count). The SMILES string of the molecule is Cc1cc(C2(c3ccc(NC=O)c(C)c3)CCCCC2)ccc1NC=O. The van der Waals surface area contributed by atoms with Crippen molar-refractivity contribution in [3.8, 4) is 0 Å².